The number of amides is 3. The number of rotatable bonds is 12. The zero-order valence-electron chi connectivity index (χ0n) is 25.7. The first-order chi connectivity index (χ1) is 20.2. The average Bonchev–Trinajstić information content (AvgIpc) is 3.71. The Kier molecular flexibility index (Phi) is 9.44. The third-order valence-corrected chi connectivity index (χ3v) is 9.12. The van der Waals surface area contributed by atoms with E-state index in [1.165, 1.54) is 0 Å². The van der Waals surface area contributed by atoms with Crippen LogP contribution in [0.2, 0.25) is 0 Å². The van der Waals surface area contributed by atoms with Gasteiger partial charge in [0.15, 0.2) is 5.60 Å². The molecule has 0 bridgehead atoms. The smallest absolute Gasteiger partial charge is 0.270 e. The van der Waals surface area contributed by atoms with E-state index in [-0.39, 0.29) is 41.1 Å². The van der Waals surface area contributed by atoms with Crippen molar-refractivity contribution in [2.45, 2.75) is 89.3 Å². The lowest BCUT2D eigenvalue weighted by Crippen LogP contribution is -2.55. The van der Waals surface area contributed by atoms with Crippen LogP contribution in [0.5, 0.6) is 5.75 Å². The number of piperidine rings is 1. The lowest BCUT2D eigenvalue weighted by Gasteiger charge is -2.40. The fourth-order valence-electron chi connectivity index (χ4n) is 6.69. The maximum Gasteiger partial charge on any atom is 0.270 e. The Morgan fingerprint density at radius 1 is 1.17 bits per heavy atom. The zero-order valence-corrected chi connectivity index (χ0v) is 25.7. The Bertz CT molecular complexity index is 1150. The van der Waals surface area contributed by atoms with E-state index in [0.29, 0.717) is 63.7 Å². The molecule has 0 spiro atoms. The summed E-state index contributed by atoms with van der Waals surface area (Å²) in [6, 6.07) is 5.84. The van der Waals surface area contributed by atoms with Crippen molar-refractivity contribution in [2.75, 3.05) is 56.4 Å². The molecular formula is C32H48N4O6. The molecule has 5 rings (SSSR count). The molecule has 4 aliphatic rings. The molecule has 0 aromatic heterocycles. The molecule has 0 radical (unpaired) electrons. The number of anilines is 2. The molecule has 2 unspecified atom stereocenters. The SMILES string of the molecule is CCOCC1(NC(=O)C2CNCC(C(=O)N(c3ccc4c(c3)N(CCCOC)C(=O)C(C)(C)O4)C3CC3)C2)CCCC1. The molecule has 2 atom stereocenters. The van der Waals surface area contributed by atoms with E-state index in [9.17, 15) is 14.4 Å². The molecule has 2 N–H and O–H groups in total. The fourth-order valence-corrected chi connectivity index (χ4v) is 6.69. The Morgan fingerprint density at radius 2 is 1.90 bits per heavy atom. The number of carbonyl (C=O) groups is 3. The first-order valence-corrected chi connectivity index (χ1v) is 15.8. The maximum absolute atomic E-state index is 14.1. The topological polar surface area (TPSA) is 109 Å². The monoisotopic (exact) mass is 584 g/mol. The van der Waals surface area contributed by atoms with Gasteiger partial charge in [0.05, 0.1) is 29.7 Å². The fraction of sp³-hybridized carbons (Fsp3) is 0.719. The Labute approximate surface area is 249 Å². The molecule has 232 valence electrons. The van der Waals surface area contributed by atoms with Crippen molar-refractivity contribution >= 4 is 29.1 Å². The van der Waals surface area contributed by atoms with Crippen LogP contribution in [0, 0.1) is 11.8 Å². The van der Waals surface area contributed by atoms with Gasteiger partial charge in [0, 0.05) is 51.7 Å². The molecule has 2 aliphatic heterocycles. The molecule has 10 heteroatoms. The summed E-state index contributed by atoms with van der Waals surface area (Å²) in [7, 11) is 1.65. The number of nitrogens with one attached hydrogen (secondary N) is 2. The van der Waals surface area contributed by atoms with Crippen LogP contribution in [-0.4, -0.2) is 81.5 Å². The van der Waals surface area contributed by atoms with E-state index in [0.717, 1.165) is 44.2 Å². The maximum atomic E-state index is 14.1. The van der Waals surface area contributed by atoms with Gasteiger partial charge >= 0.3 is 0 Å². The van der Waals surface area contributed by atoms with E-state index >= 15 is 0 Å². The molecule has 1 saturated heterocycles. The molecule has 2 aliphatic carbocycles. The zero-order chi connectivity index (χ0) is 29.9. The van der Waals surface area contributed by atoms with E-state index in [2.05, 4.69) is 10.6 Å². The van der Waals surface area contributed by atoms with Crippen LogP contribution < -0.4 is 25.2 Å². The summed E-state index contributed by atoms with van der Waals surface area (Å²) in [5.41, 5.74) is 0.177. The van der Waals surface area contributed by atoms with E-state index in [1.807, 2.05) is 30.0 Å². The number of ether oxygens (including phenoxy) is 3. The van der Waals surface area contributed by atoms with Gasteiger partial charge in [-0.25, -0.2) is 0 Å². The highest BCUT2D eigenvalue weighted by Gasteiger charge is 2.44. The van der Waals surface area contributed by atoms with Crippen molar-refractivity contribution in [2.24, 2.45) is 11.8 Å². The third kappa shape index (κ3) is 6.60. The van der Waals surface area contributed by atoms with Gasteiger partial charge in [-0.1, -0.05) is 12.8 Å². The number of fused-ring (bicyclic) bond motifs is 1. The van der Waals surface area contributed by atoms with Crippen LogP contribution >= 0.6 is 0 Å². The third-order valence-electron chi connectivity index (χ3n) is 9.12. The second-order valence-corrected chi connectivity index (χ2v) is 12.9. The number of nitrogens with zero attached hydrogens (tertiary/aromatic N) is 2. The van der Waals surface area contributed by atoms with Crippen molar-refractivity contribution in [1.82, 2.24) is 10.6 Å². The summed E-state index contributed by atoms with van der Waals surface area (Å²) in [5, 5.41) is 6.70. The predicted molar refractivity (Wildman–Crippen MR) is 161 cm³/mol. The highest BCUT2D eigenvalue weighted by molar-refractivity contribution is 6.04. The van der Waals surface area contributed by atoms with Crippen molar-refractivity contribution in [3.8, 4) is 5.75 Å². The van der Waals surface area contributed by atoms with Gasteiger partial charge in [0.1, 0.15) is 5.75 Å². The number of methoxy groups -OCH3 is 1. The highest BCUT2D eigenvalue weighted by atomic mass is 16.5. The van der Waals surface area contributed by atoms with Gasteiger partial charge in [0.25, 0.3) is 5.91 Å². The van der Waals surface area contributed by atoms with Crippen LogP contribution in [-0.2, 0) is 23.9 Å². The van der Waals surface area contributed by atoms with Crippen molar-refractivity contribution in [1.29, 1.82) is 0 Å². The molecule has 42 heavy (non-hydrogen) atoms. The number of hydrogen-bond acceptors (Lipinski definition) is 7. The summed E-state index contributed by atoms with van der Waals surface area (Å²) in [6.07, 6.45) is 7.12. The quantitative estimate of drug-likeness (QED) is 0.363. The molecule has 3 amide bonds. The van der Waals surface area contributed by atoms with Crippen LogP contribution in [0.15, 0.2) is 18.2 Å². The minimum absolute atomic E-state index is 0.0123. The minimum Gasteiger partial charge on any atom is -0.476 e. The molecule has 2 saturated carbocycles. The summed E-state index contributed by atoms with van der Waals surface area (Å²) < 4.78 is 17.1. The lowest BCUT2D eigenvalue weighted by atomic mass is 9.87. The Hall–Kier alpha value is -2.69. The van der Waals surface area contributed by atoms with Crippen LogP contribution in [0.1, 0.15) is 72.1 Å². The van der Waals surface area contributed by atoms with Gasteiger partial charge in [-0.3, -0.25) is 14.4 Å². The van der Waals surface area contributed by atoms with Crippen molar-refractivity contribution in [3.05, 3.63) is 18.2 Å². The summed E-state index contributed by atoms with van der Waals surface area (Å²) in [6.45, 7) is 8.86. The van der Waals surface area contributed by atoms with Gasteiger partial charge in [-0.2, -0.15) is 0 Å². The van der Waals surface area contributed by atoms with E-state index in [1.54, 1.807) is 25.9 Å². The molecule has 1 aromatic rings. The van der Waals surface area contributed by atoms with E-state index < -0.39 is 5.60 Å². The first-order valence-electron chi connectivity index (χ1n) is 15.8. The first kappa shape index (κ1) is 30.8. The van der Waals surface area contributed by atoms with Crippen molar-refractivity contribution in [3.63, 3.8) is 0 Å². The normalized spacial score (nSPS) is 24.6. The highest BCUT2D eigenvalue weighted by Crippen LogP contribution is 2.43. The second kappa shape index (κ2) is 12.9. The summed E-state index contributed by atoms with van der Waals surface area (Å²) in [5.74, 6) is -0.0248. The standard InChI is InChI=1S/C32H48N4O6/c1-5-41-21-32(13-6-7-14-32)34-28(37)22-17-23(20-33-19-22)29(38)36(24-9-10-24)25-11-12-27-26(18-25)35(15-8-16-40-4)30(39)31(2,3)42-27/h11-12,18,22-24,33H,5-10,13-17,19-21H2,1-4H3,(H,34,37). The molecule has 2 heterocycles. The predicted octanol–water partition coefficient (Wildman–Crippen LogP) is 3.41. The molecule has 1 aromatic carbocycles. The number of hydrogen-bond donors (Lipinski definition) is 2. The van der Waals surface area contributed by atoms with Crippen LogP contribution in [0.4, 0.5) is 11.4 Å². The van der Waals surface area contributed by atoms with Gasteiger partial charge in [0.2, 0.25) is 11.8 Å². The molecular weight excluding hydrogens is 536 g/mol. The summed E-state index contributed by atoms with van der Waals surface area (Å²) in [4.78, 5) is 44.6. The largest absolute Gasteiger partial charge is 0.476 e. The Balaban J connectivity index is 1.33. The van der Waals surface area contributed by atoms with Gasteiger partial charge in [-0.05, 0) is 77.5 Å². The van der Waals surface area contributed by atoms with Gasteiger partial charge < -0.3 is 34.6 Å². The number of benzene rings is 1. The second-order valence-electron chi connectivity index (χ2n) is 12.9. The van der Waals surface area contributed by atoms with Gasteiger partial charge in [-0.15, -0.1) is 0 Å². The van der Waals surface area contributed by atoms with Crippen LogP contribution in [0.25, 0.3) is 0 Å². The van der Waals surface area contributed by atoms with Crippen molar-refractivity contribution < 1.29 is 28.6 Å². The summed E-state index contributed by atoms with van der Waals surface area (Å²) >= 11 is 0. The average molecular weight is 585 g/mol. The van der Waals surface area contributed by atoms with Crippen LogP contribution in [0.3, 0.4) is 0 Å². The Morgan fingerprint density at radius 3 is 2.60 bits per heavy atom. The van der Waals surface area contributed by atoms with E-state index in [4.69, 9.17) is 14.2 Å². The number of carbonyl (C=O) groups excluding carboxylic acids is 3. The lowest BCUT2D eigenvalue weighted by molar-refractivity contribution is -0.133. The molecule has 3 fully saturated rings. The molecule has 10 nitrogen and oxygen atoms in total. The minimum atomic E-state index is -0.976.